The van der Waals surface area contributed by atoms with E-state index < -0.39 is 17.8 Å². The van der Waals surface area contributed by atoms with Crippen molar-refractivity contribution < 1.29 is 18.0 Å². The second kappa shape index (κ2) is 11.0. The van der Waals surface area contributed by atoms with Crippen LogP contribution in [0.1, 0.15) is 34.7 Å². The lowest BCUT2D eigenvalue weighted by Crippen LogP contribution is -2.43. The van der Waals surface area contributed by atoms with E-state index in [0.717, 1.165) is 34.5 Å². The number of halogens is 4. The number of carbonyl (C=O) groups is 1. The minimum Gasteiger partial charge on any atom is -0.357 e. The number of anilines is 1. The van der Waals surface area contributed by atoms with Gasteiger partial charge >= 0.3 is 6.18 Å². The lowest BCUT2D eigenvalue weighted by Gasteiger charge is -2.37. The summed E-state index contributed by atoms with van der Waals surface area (Å²) in [6.07, 6.45) is -3.10. The molecule has 2 atom stereocenters. The quantitative estimate of drug-likeness (QED) is 0.187. The van der Waals surface area contributed by atoms with Gasteiger partial charge in [-0.2, -0.15) is 13.2 Å². The monoisotopic (exact) mass is 566 g/mol. The third-order valence-corrected chi connectivity index (χ3v) is 6.67. The van der Waals surface area contributed by atoms with Gasteiger partial charge in [-0.3, -0.25) is 4.79 Å². The molecule has 0 aliphatic rings. The number of carbonyl (C=O) groups excluding carboxylic acids is 1. The van der Waals surface area contributed by atoms with Crippen LogP contribution in [-0.4, -0.2) is 17.0 Å². The Bertz CT molecular complexity index is 1060. The van der Waals surface area contributed by atoms with Gasteiger partial charge in [0.25, 0.3) is 0 Å². The number of nitrogens with one attached hydrogen (secondary N) is 1. The van der Waals surface area contributed by atoms with Crippen molar-refractivity contribution in [2.24, 2.45) is 0 Å². The van der Waals surface area contributed by atoms with Gasteiger partial charge in [-0.15, -0.1) is 0 Å². The van der Waals surface area contributed by atoms with Gasteiger partial charge in [-0.25, -0.2) is 0 Å². The maximum atomic E-state index is 13.1. The van der Waals surface area contributed by atoms with Gasteiger partial charge in [-0.05, 0) is 60.7 Å². The molecule has 0 aliphatic carbocycles. The number of nitrogens with zero attached hydrogens (tertiary/aromatic N) is 1. The largest absolute Gasteiger partial charge is 0.416 e. The van der Waals surface area contributed by atoms with Crippen LogP contribution in [-0.2, 0) is 17.4 Å². The standard InChI is InChI=1S/C26H26F3IN2O/c1-18-7-6-10-22(17-18)32(24(25(33)31-2)20-8-4-3-5-9-20)23(30)16-13-19-11-14-21(15-12-19)26(27,28)29/h3-12,14-15,17,23-24H,13,16H2,1-2H3,(H,31,33)/t23-,24?/m0/s1. The van der Waals surface area contributed by atoms with Crippen LogP contribution in [0, 0.1) is 6.92 Å². The zero-order chi connectivity index (χ0) is 24.0. The molecule has 0 saturated heterocycles. The third kappa shape index (κ3) is 6.50. The highest BCUT2D eigenvalue weighted by molar-refractivity contribution is 14.1. The molecule has 0 radical (unpaired) electrons. The Morgan fingerprint density at radius 2 is 1.67 bits per heavy atom. The fraction of sp³-hybridized carbons (Fsp3) is 0.269. The number of likely N-dealkylation sites (N-methyl/N-ethyl adjacent to an activating group) is 1. The first kappa shape index (κ1) is 25.1. The van der Waals surface area contributed by atoms with E-state index in [1.54, 1.807) is 7.05 Å². The zero-order valence-electron chi connectivity index (χ0n) is 18.4. The molecule has 7 heteroatoms. The van der Waals surface area contributed by atoms with Gasteiger partial charge in [0.2, 0.25) is 5.91 Å². The first-order valence-corrected chi connectivity index (χ1v) is 11.9. The van der Waals surface area contributed by atoms with Crippen molar-refractivity contribution in [1.29, 1.82) is 0 Å². The number of hydrogen-bond donors (Lipinski definition) is 1. The van der Waals surface area contributed by atoms with Crippen LogP contribution in [0.2, 0.25) is 0 Å². The minimum atomic E-state index is -4.34. The Morgan fingerprint density at radius 3 is 2.24 bits per heavy atom. The molecular formula is C26H26F3IN2O. The molecule has 0 spiro atoms. The molecular weight excluding hydrogens is 540 g/mol. The molecule has 1 N–H and O–H groups in total. The highest BCUT2D eigenvalue weighted by Gasteiger charge is 2.32. The summed E-state index contributed by atoms with van der Waals surface area (Å²) < 4.78 is 38.5. The lowest BCUT2D eigenvalue weighted by atomic mass is 10.0. The molecule has 0 heterocycles. The van der Waals surface area contributed by atoms with Crippen LogP contribution in [0.25, 0.3) is 0 Å². The summed E-state index contributed by atoms with van der Waals surface area (Å²) in [7, 11) is 1.62. The van der Waals surface area contributed by atoms with Crippen molar-refractivity contribution in [3.63, 3.8) is 0 Å². The molecule has 0 aromatic heterocycles. The van der Waals surface area contributed by atoms with Crippen LogP contribution < -0.4 is 10.2 Å². The molecule has 33 heavy (non-hydrogen) atoms. The Hall–Kier alpha value is -2.55. The van der Waals surface area contributed by atoms with Crippen LogP contribution in [0.3, 0.4) is 0 Å². The molecule has 3 nitrogen and oxygen atoms in total. The maximum Gasteiger partial charge on any atom is 0.416 e. The first-order valence-electron chi connectivity index (χ1n) is 10.6. The minimum absolute atomic E-state index is 0.0887. The van der Waals surface area contributed by atoms with E-state index in [1.807, 2.05) is 61.5 Å². The van der Waals surface area contributed by atoms with Crippen molar-refractivity contribution in [1.82, 2.24) is 5.32 Å². The molecule has 0 aliphatic heterocycles. The topological polar surface area (TPSA) is 32.3 Å². The van der Waals surface area contributed by atoms with E-state index in [0.29, 0.717) is 12.8 Å². The number of benzene rings is 3. The van der Waals surface area contributed by atoms with E-state index in [9.17, 15) is 18.0 Å². The predicted octanol–water partition coefficient (Wildman–Crippen LogP) is 6.70. The average Bonchev–Trinajstić information content (AvgIpc) is 2.80. The summed E-state index contributed by atoms with van der Waals surface area (Å²) in [4.78, 5) is 15.1. The Balaban J connectivity index is 1.91. The van der Waals surface area contributed by atoms with Crippen LogP contribution in [0.4, 0.5) is 18.9 Å². The molecule has 174 valence electrons. The summed E-state index contributed by atoms with van der Waals surface area (Å²) >= 11 is 2.32. The zero-order valence-corrected chi connectivity index (χ0v) is 20.6. The predicted molar refractivity (Wildman–Crippen MR) is 134 cm³/mol. The van der Waals surface area contributed by atoms with E-state index in [2.05, 4.69) is 32.8 Å². The Kier molecular flexibility index (Phi) is 8.40. The number of alkyl halides is 4. The summed E-state index contributed by atoms with van der Waals surface area (Å²) in [5.41, 5.74) is 3.04. The van der Waals surface area contributed by atoms with Crippen LogP contribution in [0.15, 0.2) is 78.9 Å². The van der Waals surface area contributed by atoms with E-state index in [4.69, 9.17) is 0 Å². The smallest absolute Gasteiger partial charge is 0.357 e. The molecule has 3 aromatic carbocycles. The normalized spacial score (nSPS) is 13.3. The third-order valence-electron chi connectivity index (χ3n) is 5.44. The van der Waals surface area contributed by atoms with E-state index in [1.165, 1.54) is 12.1 Å². The summed E-state index contributed by atoms with van der Waals surface area (Å²) in [6, 6.07) is 22.3. The molecule has 1 unspecified atom stereocenters. The molecule has 1 amide bonds. The van der Waals surface area contributed by atoms with Gasteiger partial charge in [0.1, 0.15) is 6.04 Å². The summed E-state index contributed by atoms with van der Waals surface area (Å²) in [5, 5.41) is 2.79. The molecule has 3 aromatic rings. The highest BCUT2D eigenvalue weighted by atomic mass is 127. The fourth-order valence-corrected chi connectivity index (χ4v) is 4.71. The van der Waals surface area contributed by atoms with E-state index in [-0.39, 0.29) is 9.96 Å². The molecule has 0 saturated carbocycles. The van der Waals surface area contributed by atoms with Crippen molar-refractivity contribution in [3.05, 3.63) is 101 Å². The van der Waals surface area contributed by atoms with Crippen molar-refractivity contribution in [2.45, 2.75) is 36.0 Å². The average molecular weight is 566 g/mol. The highest BCUT2D eigenvalue weighted by Crippen LogP contribution is 2.35. The van der Waals surface area contributed by atoms with Gasteiger partial charge in [0, 0.05) is 12.7 Å². The number of aryl methyl sites for hydroxylation is 2. The number of amides is 1. The second-order valence-corrected chi connectivity index (χ2v) is 9.28. The van der Waals surface area contributed by atoms with Crippen LogP contribution in [0.5, 0.6) is 0 Å². The van der Waals surface area contributed by atoms with Gasteiger partial charge in [0.05, 0.1) is 9.61 Å². The Morgan fingerprint density at radius 1 is 1.00 bits per heavy atom. The van der Waals surface area contributed by atoms with Crippen molar-refractivity contribution in [2.75, 3.05) is 11.9 Å². The van der Waals surface area contributed by atoms with Crippen molar-refractivity contribution in [3.8, 4) is 0 Å². The van der Waals surface area contributed by atoms with Gasteiger partial charge in [0.15, 0.2) is 0 Å². The molecule has 0 fully saturated rings. The summed E-state index contributed by atoms with van der Waals surface area (Å²) in [6.45, 7) is 2.00. The number of rotatable bonds is 8. The molecule has 0 bridgehead atoms. The SMILES string of the molecule is CNC(=O)C(c1ccccc1)N(c1cccc(C)c1)[C@H](I)CCc1ccc(C(F)(F)F)cc1. The van der Waals surface area contributed by atoms with Crippen LogP contribution >= 0.6 is 22.6 Å². The van der Waals surface area contributed by atoms with Crippen molar-refractivity contribution >= 4 is 34.2 Å². The fourth-order valence-electron chi connectivity index (χ4n) is 3.76. The maximum absolute atomic E-state index is 13.1. The lowest BCUT2D eigenvalue weighted by molar-refractivity contribution is -0.137. The summed E-state index contributed by atoms with van der Waals surface area (Å²) in [5.74, 6) is -0.126. The van der Waals surface area contributed by atoms with Gasteiger partial charge < -0.3 is 10.2 Å². The van der Waals surface area contributed by atoms with Gasteiger partial charge in [-0.1, -0.05) is 77.2 Å². The number of hydrogen-bond acceptors (Lipinski definition) is 2. The first-order chi connectivity index (χ1) is 15.7. The Labute approximate surface area is 206 Å². The van der Waals surface area contributed by atoms with E-state index >= 15 is 0 Å². The second-order valence-electron chi connectivity index (χ2n) is 7.84. The molecule has 3 rings (SSSR count).